The number of nitriles is 1. The molecule has 0 radical (unpaired) electrons. The van der Waals surface area contributed by atoms with Crippen molar-refractivity contribution in [1.29, 1.82) is 5.26 Å². The Morgan fingerprint density at radius 2 is 2.25 bits per heavy atom. The molecule has 0 saturated carbocycles. The van der Waals surface area contributed by atoms with E-state index in [4.69, 9.17) is 10.00 Å². The molecule has 100 valence electrons. The zero-order valence-electron chi connectivity index (χ0n) is 10.4. The molecule has 2 rings (SSSR count). The van der Waals surface area contributed by atoms with Crippen LogP contribution in [-0.2, 0) is 4.79 Å². The summed E-state index contributed by atoms with van der Waals surface area (Å²) < 4.78 is 5.27. The van der Waals surface area contributed by atoms with Gasteiger partial charge in [0.1, 0.15) is 11.8 Å². The second kappa shape index (κ2) is 7.07. The number of hydrogen-bond acceptors (Lipinski definition) is 5. The first-order valence-corrected chi connectivity index (χ1v) is 6.65. The van der Waals surface area contributed by atoms with Crippen molar-refractivity contribution in [1.82, 2.24) is 5.43 Å². The highest BCUT2D eigenvalue weighted by molar-refractivity contribution is 7.11. The predicted molar refractivity (Wildman–Crippen MR) is 76.7 cm³/mol. The Bertz CT molecular complexity index is 645. The van der Waals surface area contributed by atoms with Gasteiger partial charge in [-0.2, -0.15) is 10.4 Å². The van der Waals surface area contributed by atoms with Gasteiger partial charge in [0.15, 0.2) is 6.61 Å². The van der Waals surface area contributed by atoms with Gasteiger partial charge in [-0.3, -0.25) is 4.79 Å². The van der Waals surface area contributed by atoms with Gasteiger partial charge < -0.3 is 4.74 Å². The monoisotopic (exact) mass is 285 g/mol. The predicted octanol–water partition coefficient (Wildman–Crippen LogP) is 2.15. The highest BCUT2D eigenvalue weighted by Crippen LogP contribution is 2.16. The van der Waals surface area contributed by atoms with E-state index in [1.807, 2.05) is 23.6 Å². The number of benzene rings is 1. The maximum atomic E-state index is 11.5. The zero-order valence-corrected chi connectivity index (χ0v) is 11.3. The third-order valence-electron chi connectivity index (χ3n) is 2.29. The maximum absolute atomic E-state index is 11.5. The molecular weight excluding hydrogens is 274 g/mol. The average molecular weight is 285 g/mol. The van der Waals surface area contributed by atoms with Crippen LogP contribution in [-0.4, -0.2) is 18.7 Å². The van der Waals surface area contributed by atoms with E-state index >= 15 is 0 Å². The van der Waals surface area contributed by atoms with Crippen molar-refractivity contribution in [3.63, 3.8) is 0 Å². The Hall–Kier alpha value is -2.65. The summed E-state index contributed by atoms with van der Waals surface area (Å²) in [4.78, 5) is 12.5. The molecule has 0 saturated heterocycles. The second-order valence-corrected chi connectivity index (χ2v) is 4.68. The molecule has 1 aromatic carbocycles. The Morgan fingerprint density at radius 3 is 3.00 bits per heavy atom. The van der Waals surface area contributed by atoms with Crippen LogP contribution in [0.25, 0.3) is 0 Å². The van der Waals surface area contributed by atoms with Gasteiger partial charge in [-0.25, -0.2) is 5.43 Å². The van der Waals surface area contributed by atoms with Gasteiger partial charge >= 0.3 is 0 Å². The van der Waals surface area contributed by atoms with E-state index in [2.05, 4.69) is 10.5 Å². The minimum atomic E-state index is -0.384. The van der Waals surface area contributed by atoms with Crippen LogP contribution < -0.4 is 10.2 Å². The molecule has 5 nitrogen and oxygen atoms in total. The molecule has 0 atom stereocenters. The molecule has 0 aliphatic carbocycles. The number of carbonyl (C=O) groups excluding carboxylic acids is 1. The van der Waals surface area contributed by atoms with E-state index in [-0.39, 0.29) is 12.5 Å². The van der Waals surface area contributed by atoms with Crippen molar-refractivity contribution in [3.05, 3.63) is 52.2 Å². The van der Waals surface area contributed by atoms with Crippen LogP contribution in [0.5, 0.6) is 5.75 Å². The maximum Gasteiger partial charge on any atom is 0.277 e. The fraction of sp³-hybridized carbons (Fsp3) is 0.0714. The van der Waals surface area contributed by atoms with Crippen LogP contribution in [0, 0.1) is 11.3 Å². The molecule has 1 heterocycles. The van der Waals surface area contributed by atoms with Crippen LogP contribution in [0.1, 0.15) is 10.4 Å². The van der Waals surface area contributed by atoms with Crippen molar-refractivity contribution in [3.8, 4) is 11.8 Å². The highest BCUT2D eigenvalue weighted by Gasteiger charge is 2.05. The van der Waals surface area contributed by atoms with E-state index in [1.165, 1.54) is 11.3 Å². The SMILES string of the molecule is N#Cc1ccccc1OCC(=O)NN=Cc1cccs1. The molecule has 0 aliphatic rings. The third-order valence-corrected chi connectivity index (χ3v) is 3.10. The van der Waals surface area contributed by atoms with E-state index in [9.17, 15) is 4.79 Å². The second-order valence-electron chi connectivity index (χ2n) is 3.71. The molecule has 0 unspecified atom stereocenters. The van der Waals surface area contributed by atoms with Crippen LogP contribution >= 0.6 is 11.3 Å². The van der Waals surface area contributed by atoms with E-state index in [0.717, 1.165) is 4.88 Å². The van der Waals surface area contributed by atoms with Gasteiger partial charge in [-0.1, -0.05) is 18.2 Å². The molecule has 1 N–H and O–H groups in total. The fourth-order valence-corrected chi connectivity index (χ4v) is 1.98. The number of amides is 1. The topological polar surface area (TPSA) is 74.5 Å². The van der Waals surface area contributed by atoms with Crippen molar-refractivity contribution in [2.75, 3.05) is 6.61 Å². The number of hydrogen-bond donors (Lipinski definition) is 1. The number of rotatable bonds is 5. The van der Waals surface area contributed by atoms with E-state index in [0.29, 0.717) is 11.3 Å². The number of nitrogens with one attached hydrogen (secondary N) is 1. The van der Waals surface area contributed by atoms with Crippen LogP contribution in [0.3, 0.4) is 0 Å². The Morgan fingerprint density at radius 1 is 1.40 bits per heavy atom. The van der Waals surface area contributed by atoms with Crippen molar-refractivity contribution in [2.45, 2.75) is 0 Å². The summed E-state index contributed by atoms with van der Waals surface area (Å²) in [6.07, 6.45) is 1.56. The smallest absolute Gasteiger partial charge is 0.277 e. The number of carbonyl (C=O) groups is 1. The Labute approximate surface area is 120 Å². The molecule has 1 aromatic heterocycles. The normalized spacial score (nSPS) is 10.2. The highest BCUT2D eigenvalue weighted by atomic mass is 32.1. The fourth-order valence-electron chi connectivity index (χ4n) is 1.39. The molecule has 0 fully saturated rings. The lowest BCUT2D eigenvalue weighted by Crippen LogP contribution is -2.24. The first-order valence-electron chi connectivity index (χ1n) is 5.77. The lowest BCUT2D eigenvalue weighted by atomic mass is 10.2. The van der Waals surface area contributed by atoms with Crippen molar-refractivity contribution in [2.24, 2.45) is 5.10 Å². The average Bonchev–Trinajstić information content (AvgIpc) is 2.98. The minimum Gasteiger partial charge on any atom is -0.482 e. The van der Waals surface area contributed by atoms with Crippen molar-refractivity contribution >= 4 is 23.5 Å². The molecule has 20 heavy (non-hydrogen) atoms. The van der Waals surface area contributed by atoms with Gasteiger partial charge in [0.25, 0.3) is 5.91 Å². The lowest BCUT2D eigenvalue weighted by Gasteiger charge is -2.05. The van der Waals surface area contributed by atoms with Gasteiger partial charge in [-0.05, 0) is 23.6 Å². The number of thiophene rings is 1. The van der Waals surface area contributed by atoms with Gasteiger partial charge in [-0.15, -0.1) is 11.3 Å². The summed E-state index contributed by atoms with van der Waals surface area (Å²) >= 11 is 1.52. The van der Waals surface area contributed by atoms with Crippen LogP contribution in [0.2, 0.25) is 0 Å². The van der Waals surface area contributed by atoms with Crippen LogP contribution in [0.15, 0.2) is 46.9 Å². The first kappa shape index (κ1) is 13.8. The number of ether oxygens (including phenoxy) is 1. The molecule has 0 bridgehead atoms. The molecule has 6 heteroatoms. The number of nitrogens with zero attached hydrogens (tertiary/aromatic N) is 2. The summed E-state index contributed by atoms with van der Waals surface area (Å²) in [6, 6.07) is 12.5. The first-order chi connectivity index (χ1) is 9.79. The summed E-state index contributed by atoms with van der Waals surface area (Å²) in [6.45, 7) is -0.194. The molecular formula is C14H11N3O2S. The van der Waals surface area contributed by atoms with E-state index in [1.54, 1.807) is 30.5 Å². The summed E-state index contributed by atoms with van der Waals surface area (Å²) in [5, 5.41) is 14.6. The van der Waals surface area contributed by atoms with Crippen LogP contribution in [0.4, 0.5) is 0 Å². The van der Waals surface area contributed by atoms with Gasteiger partial charge in [0.2, 0.25) is 0 Å². The zero-order chi connectivity index (χ0) is 14.2. The molecule has 0 spiro atoms. The van der Waals surface area contributed by atoms with E-state index < -0.39 is 0 Å². The van der Waals surface area contributed by atoms with Gasteiger partial charge in [0.05, 0.1) is 11.8 Å². The molecule has 1 amide bonds. The largest absolute Gasteiger partial charge is 0.482 e. The summed E-state index contributed by atoms with van der Waals surface area (Å²) in [7, 11) is 0. The van der Waals surface area contributed by atoms with Crippen molar-refractivity contribution < 1.29 is 9.53 Å². The molecule has 2 aromatic rings. The Kier molecular flexibility index (Phi) is 4.87. The minimum absolute atomic E-state index is 0.194. The summed E-state index contributed by atoms with van der Waals surface area (Å²) in [5.74, 6) is -0.00191. The lowest BCUT2D eigenvalue weighted by molar-refractivity contribution is -0.123. The summed E-state index contributed by atoms with van der Waals surface area (Å²) in [5.41, 5.74) is 2.75. The standard InChI is InChI=1S/C14H11N3O2S/c15-8-11-4-1-2-6-13(11)19-10-14(18)17-16-9-12-5-3-7-20-12/h1-7,9H,10H2,(H,17,18). The number of para-hydroxylation sites is 1. The quantitative estimate of drug-likeness (QED) is 0.675. The third kappa shape index (κ3) is 3.93. The molecule has 0 aliphatic heterocycles. The Balaban J connectivity index is 1.82. The number of hydrazone groups is 1. The van der Waals surface area contributed by atoms with Gasteiger partial charge in [0, 0.05) is 4.88 Å².